The van der Waals surface area contributed by atoms with Crippen LogP contribution in [0, 0.1) is 5.92 Å². The Balaban J connectivity index is 1.69. The van der Waals surface area contributed by atoms with E-state index in [1.807, 2.05) is 43.3 Å². The van der Waals surface area contributed by atoms with Crippen molar-refractivity contribution in [2.75, 3.05) is 35.8 Å². The lowest BCUT2D eigenvalue weighted by Gasteiger charge is -2.19. The number of nitrogens with zero attached hydrogens (tertiary/aromatic N) is 2. The summed E-state index contributed by atoms with van der Waals surface area (Å²) in [4.78, 5) is 28.5. The Hall–Kier alpha value is -2.24. The number of carbonyl (C=O) groups is 2. The molecule has 7 heteroatoms. The first kappa shape index (κ1) is 18.5. The van der Waals surface area contributed by atoms with Crippen molar-refractivity contribution in [2.45, 2.75) is 6.42 Å². The fourth-order valence-electron chi connectivity index (χ4n) is 2.89. The first-order valence-corrected chi connectivity index (χ1v) is 8.94. The monoisotopic (exact) mass is 391 g/mol. The van der Waals surface area contributed by atoms with Gasteiger partial charge >= 0.3 is 0 Å². The van der Waals surface area contributed by atoms with E-state index in [1.165, 1.54) is 0 Å². The second kappa shape index (κ2) is 7.56. The van der Waals surface area contributed by atoms with Crippen molar-refractivity contribution >= 4 is 52.1 Å². The summed E-state index contributed by atoms with van der Waals surface area (Å²) in [6.07, 6.45) is 0.173. The maximum Gasteiger partial charge on any atom is 0.229 e. The van der Waals surface area contributed by atoms with Gasteiger partial charge in [-0.25, -0.2) is 0 Å². The van der Waals surface area contributed by atoms with Gasteiger partial charge in [0.25, 0.3) is 0 Å². The third-order valence-corrected chi connectivity index (χ3v) is 4.91. The van der Waals surface area contributed by atoms with Crippen molar-refractivity contribution in [3.63, 3.8) is 0 Å². The minimum Gasteiger partial charge on any atom is -0.378 e. The highest BCUT2D eigenvalue weighted by Crippen LogP contribution is 2.29. The molecule has 2 aromatic carbocycles. The van der Waals surface area contributed by atoms with Crippen LogP contribution in [0.1, 0.15) is 6.42 Å². The van der Waals surface area contributed by atoms with Crippen LogP contribution in [0.4, 0.5) is 17.1 Å². The molecule has 1 fully saturated rings. The van der Waals surface area contributed by atoms with E-state index >= 15 is 0 Å². The number of rotatable bonds is 4. The first-order valence-electron chi connectivity index (χ1n) is 8.19. The maximum absolute atomic E-state index is 12.5. The summed E-state index contributed by atoms with van der Waals surface area (Å²) in [6, 6.07) is 12.6. The largest absolute Gasteiger partial charge is 0.378 e. The van der Waals surface area contributed by atoms with Crippen LogP contribution < -0.4 is 15.1 Å². The van der Waals surface area contributed by atoms with E-state index in [1.54, 1.807) is 23.1 Å². The molecule has 0 spiro atoms. The minimum absolute atomic E-state index is 0.0649. The zero-order chi connectivity index (χ0) is 18.8. The van der Waals surface area contributed by atoms with Gasteiger partial charge < -0.3 is 15.1 Å². The summed E-state index contributed by atoms with van der Waals surface area (Å²) >= 11 is 12.0. The number of benzene rings is 2. The Kier molecular flexibility index (Phi) is 5.39. The Morgan fingerprint density at radius 2 is 1.85 bits per heavy atom. The molecular weight excluding hydrogens is 373 g/mol. The van der Waals surface area contributed by atoms with Crippen LogP contribution in [0.25, 0.3) is 0 Å². The van der Waals surface area contributed by atoms with E-state index < -0.39 is 5.92 Å². The first-order chi connectivity index (χ1) is 12.3. The summed E-state index contributed by atoms with van der Waals surface area (Å²) in [6.45, 7) is 0.344. The molecule has 0 aliphatic carbocycles. The van der Waals surface area contributed by atoms with Crippen molar-refractivity contribution in [3.8, 4) is 0 Å². The predicted octanol–water partition coefficient (Wildman–Crippen LogP) is 4.05. The number of halogens is 2. The van der Waals surface area contributed by atoms with Gasteiger partial charge in [-0.05, 0) is 42.5 Å². The van der Waals surface area contributed by atoms with Gasteiger partial charge in [-0.3, -0.25) is 9.59 Å². The van der Waals surface area contributed by atoms with Crippen molar-refractivity contribution in [3.05, 3.63) is 52.5 Å². The molecule has 1 aliphatic heterocycles. The number of amides is 2. The van der Waals surface area contributed by atoms with E-state index in [0.717, 1.165) is 11.4 Å². The van der Waals surface area contributed by atoms with E-state index in [2.05, 4.69) is 5.32 Å². The number of hydrogen-bond acceptors (Lipinski definition) is 3. The van der Waals surface area contributed by atoms with Crippen LogP contribution in [0.5, 0.6) is 0 Å². The van der Waals surface area contributed by atoms with Gasteiger partial charge in [-0.2, -0.15) is 0 Å². The number of carbonyl (C=O) groups excluding carboxylic acids is 2. The third kappa shape index (κ3) is 3.94. The molecule has 0 aromatic heterocycles. The van der Waals surface area contributed by atoms with Gasteiger partial charge in [0.1, 0.15) is 0 Å². The van der Waals surface area contributed by atoms with Crippen LogP contribution in [-0.2, 0) is 9.59 Å². The zero-order valence-corrected chi connectivity index (χ0v) is 16.0. The third-order valence-electron chi connectivity index (χ3n) is 4.36. The average Bonchev–Trinajstić information content (AvgIpc) is 2.99. The van der Waals surface area contributed by atoms with E-state index in [4.69, 9.17) is 23.2 Å². The molecule has 1 heterocycles. The smallest absolute Gasteiger partial charge is 0.229 e. The minimum atomic E-state index is -0.428. The lowest BCUT2D eigenvalue weighted by Crippen LogP contribution is -2.28. The van der Waals surface area contributed by atoms with Crippen molar-refractivity contribution < 1.29 is 9.59 Å². The van der Waals surface area contributed by atoms with Crippen molar-refractivity contribution in [1.82, 2.24) is 0 Å². The molecule has 2 amide bonds. The van der Waals surface area contributed by atoms with E-state index in [0.29, 0.717) is 22.3 Å². The zero-order valence-electron chi connectivity index (χ0n) is 14.5. The molecule has 1 unspecified atom stereocenters. The topological polar surface area (TPSA) is 52.6 Å². The van der Waals surface area contributed by atoms with Gasteiger partial charge in [0.15, 0.2) is 0 Å². The predicted molar refractivity (Wildman–Crippen MR) is 106 cm³/mol. The Labute approximate surface area is 162 Å². The van der Waals surface area contributed by atoms with Gasteiger partial charge in [-0.15, -0.1) is 0 Å². The van der Waals surface area contributed by atoms with E-state index in [-0.39, 0.29) is 18.2 Å². The van der Waals surface area contributed by atoms with Crippen LogP contribution >= 0.6 is 23.2 Å². The molecule has 5 nitrogen and oxygen atoms in total. The summed E-state index contributed by atoms with van der Waals surface area (Å²) in [5.74, 6) is -0.720. The van der Waals surface area contributed by atoms with Crippen molar-refractivity contribution in [1.29, 1.82) is 0 Å². The summed E-state index contributed by atoms with van der Waals surface area (Å²) in [5.41, 5.74) is 2.33. The van der Waals surface area contributed by atoms with Crippen LogP contribution in [0.3, 0.4) is 0 Å². The molecular formula is C19H19Cl2N3O2. The highest BCUT2D eigenvalue weighted by molar-refractivity contribution is 6.36. The summed E-state index contributed by atoms with van der Waals surface area (Å²) < 4.78 is 0. The number of hydrogen-bond donors (Lipinski definition) is 1. The Bertz CT molecular complexity index is 837. The summed E-state index contributed by atoms with van der Waals surface area (Å²) in [7, 11) is 3.91. The lowest BCUT2D eigenvalue weighted by molar-refractivity contribution is -0.122. The van der Waals surface area contributed by atoms with E-state index in [9.17, 15) is 9.59 Å². The highest BCUT2D eigenvalue weighted by atomic mass is 35.5. The number of nitrogens with one attached hydrogen (secondary N) is 1. The molecule has 2 aromatic rings. The Morgan fingerprint density at radius 3 is 2.46 bits per heavy atom. The molecule has 0 bridgehead atoms. The second-order valence-electron chi connectivity index (χ2n) is 6.43. The number of anilines is 3. The average molecular weight is 392 g/mol. The fraction of sp³-hybridized carbons (Fsp3) is 0.263. The summed E-state index contributed by atoms with van der Waals surface area (Å²) in [5, 5.41) is 3.64. The van der Waals surface area contributed by atoms with Gasteiger partial charge in [0.05, 0.1) is 16.6 Å². The van der Waals surface area contributed by atoms with Crippen LogP contribution in [0.2, 0.25) is 10.0 Å². The normalized spacial score (nSPS) is 16.7. The Morgan fingerprint density at radius 1 is 1.15 bits per heavy atom. The maximum atomic E-state index is 12.5. The molecule has 26 heavy (non-hydrogen) atoms. The SMILES string of the molecule is CN(C)c1ccc(N2CC(C(=O)Nc3ccc(Cl)cc3Cl)CC2=O)cc1. The molecule has 0 radical (unpaired) electrons. The van der Waals surface area contributed by atoms with Crippen molar-refractivity contribution in [2.24, 2.45) is 5.92 Å². The van der Waals surface area contributed by atoms with Gasteiger partial charge in [0.2, 0.25) is 11.8 Å². The fourth-order valence-corrected chi connectivity index (χ4v) is 3.34. The second-order valence-corrected chi connectivity index (χ2v) is 7.27. The van der Waals surface area contributed by atoms with Crippen LogP contribution in [0.15, 0.2) is 42.5 Å². The molecule has 136 valence electrons. The van der Waals surface area contributed by atoms with Gasteiger partial charge in [-0.1, -0.05) is 23.2 Å². The van der Waals surface area contributed by atoms with Crippen LogP contribution in [-0.4, -0.2) is 32.5 Å². The molecule has 1 atom stereocenters. The quantitative estimate of drug-likeness (QED) is 0.854. The lowest BCUT2D eigenvalue weighted by atomic mass is 10.1. The standard InChI is InChI=1S/C19H19Cl2N3O2/c1-23(2)14-4-6-15(7-5-14)24-11-12(9-18(24)25)19(26)22-17-8-3-13(20)10-16(17)21/h3-8,10,12H,9,11H2,1-2H3,(H,22,26). The molecule has 1 aliphatic rings. The molecule has 3 rings (SSSR count). The molecule has 1 N–H and O–H groups in total. The van der Waals surface area contributed by atoms with Gasteiger partial charge in [0, 0.05) is 43.5 Å². The molecule has 1 saturated heterocycles. The highest BCUT2D eigenvalue weighted by Gasteiger charge is 2.35. The molecule has 0 saturated carbocycles.